The Hall–Kier alpha value is -3.34. The summed E-state index contributed by atoms with van der Waals surface area (Å²) in [5.41, 5.74) is -1.58. The monoisotopic (exact) mass is 402 g/mol. The Kier molecular flexibility index (Phi) is 5.09. The highest BCUT2D eigenvalue weighted by Crippen LogP contribution is 2.34. The maximum Gasteiger partial charge on any atom is 0.417 e. The number of alkyl halides is 3. The number of nitrogens with zero attached hydrogens (tertiary/aromatic N) is 2. The van der Waals surface area contributed by atoms with E-state index < -0.39 is 22.7 Å². The predicted octanol–water partition coefficient (Wildman–Crippen LogP) is 5.79. The Morgan fingerprint density at radius 2 is 1.86 bits per heavy atom. The van der Waals surface area contributed by atoms with Crippen LogP contribution in [0.1, 0.15) is 25.0 Å². The highest BCUT2D eigenvalue weighted by atomic mass is 19.4. The zero-order chi connectivity index (χ0) is 21.4. The molecule has 1 aromatic heterocycles. The van der Waals surface area contributed by atoms with Gasteiger partial charge in [-0.3, -0.25) is 5.41 Å². The molecule has 4 nitrogen and oxygen atoms in total. The van der Waals surface area contributed by atoms with Gasteiger partial charge in [-0.2, -0.15) is 18.4 Å². The van der Waals surface area contributed by atoms with Crippen molar-refractivity contribution in [2.75, 3.05) is 5.32 Å². The minimum absolute atomic E-state index is 0.00594. The number of anilines is 1. The minimum atomic E-state index is -4.67. The number of hydrogen-bond donors (Lipinski definition) is 2. The highest BCUT2D eigenvalue weighted by Gasteiger charge is 2.34. The number of halogens is 4. The van der Waals surface area contributed by atoms with Gasteiger partial charge in [-0.05, 0) is 47.9 Å². The van der Waals surface area contributed by atoms with Crippen molar-refractivity contribution in [3.8, 4) is 6.07 Å². The van der Waals surface area contributed by atoms with Crippen LogP contribution in [0.15, 0.2) is 48.7 Å². The van der Waals surface area contributed by atoms with E-state index in [0.717, 1.165) is 17.5 Å². The van der Waals surface area contributed by atoms with Gasteiger partial charge in [0.05, 0.1) is 22.7 Å². The molecule has 8 heteroatoms. The zero-order valence-corrected chi connectivity index (χ0v) is 15.7. The lowest BCUT2D eigenvalue weighted by Gasteiger charge is -2.27. The molecular weight excluding hydrogens is 384 g/mol. The number of fused-ring (bicyclic) bond motifs is 1. The minimum Gasteiger partial charge on any atom is -0.346 e. The fourth-order valence-corrected chi connectivity index (χ4v) is 3.07. The number of aromatic nitrogens is 1. The van der Waals surface area contributed by atoms with E-state index in [9.17, 15) is 17.6 Å². The average molecular weight is 402 g/mol. The molecule has 0 saturated carbocycles. The Balaban J connectivity index is 1.84. The second-order valence-electron chi connectivity index (χ2n) is 7.40. The Morgan fingerprint density at radius 3 is 2.52 bits per heavy atom. The third kappa shape index (κ3) is 4.24. The normalized spacial score (nSPS) is 12.0. The van der Waals surface area contributed by atoms with Gasteiger partial charge in [0, 0.05) is 23.8 Å². The van der Waals surface area contributed by atoms with Crippen LogP contribution in [0, 0.1) is 28.0 Å². The summed E-state index contributed by atoms with van der Waals surface area (Å²) in [5.74, 6) is -0.380. The van der Waals surface area contributed by atoms with Crippen LogP contribution >= 0.6 is 0 Å². The van der Waals surface area contributed by atoms with Crippen LogP contribution in [-0.2, 0) is 12.7 Å². The third-order valence-corrected chi connectivity index (χ3v) is 4.69. The molecule has 0 aliphatic rings. The van der Waals surface area contributed by atoms with Gasteiger partial charge in [0.1, 0.15) is 11.7 Å². The number of nitrogens with one attached hydrogen (secondary N) is 2. The van der Waals surface area contributed by atoms with E-state index in [0.29, 0.717) is 12.1 Å². The number of hydrogen-bond acceptors (Lipinski definition) is 2. The molecule has 0 amide bonds. The van der Waals surface area contributed by atoms with Crippen molar-refractivity contribution in [2.24, 2.45) is 5.41 Å². The van der Waals surface area contributed by atoms with Crippen LogP contribution in [0.3, 0.4) is 0 Å². The largest absolute Gasteiger partial charge is 0.417 e. The number of rotatable bonds is 4. The molecular formula is C21H18F4N4. The topological polar surface area (TPSA) is 64.6 Å². The first-order valence-corrected chi connectivity index (χ1v) is 8.73. The first-order valence-electron chi connectivity index (χ1n) is 8.73. The molecule has 150 valence electrons. The molecule has 0 unspecified atom stereocenters. The second kappa shape index (κ2) is 7.24. The fraction of sp³-hybridized carbons (Fsp3) is 0.238. The van der Waals surface area contributed by atoms with Crippen molar-refractivity contribution in [1.82, 2.24) is 4.57 Å². The van der Waals surface area contributed by atoms with Crippen LogP contribution in [-0.4, -0.2) is 10.4 Å². The van der Waals surface area contributed by atoms with E-state index in [1.165, 1.54) is 24.3 Å². The average Bonchev–Trinajstić information content (AvgIpc) is 3.02. The first kappa shape index (κ1) is 20.4. The van der Waals surface area contributed by atoms with Crippen LogP contribution in [0.4, 0.5) is 23.2 Å². The number of nitriles is 1. The molecule has 3 rings (SSSR count). The van der Waals surface area contributed by atoms with Gasteiger partial charge in [0.2, 0.25) is 0 Å². The van der Waals surface area contributed by atoms with Crippen molar-refractivity contribution in [3.63, 3.8) is 0 Å². The fourth-order valence-electron chi connectivity index (χ4n) is 3.07. The van der Waals surface area contributed by atoms with Crippen LogP contribution in [0.5, 0.6) is 0 Å². The van der Waals surface area contributed by atoms with Crippen molar-refractivity contribution in [1.29, 1.82) is 10.7 Å². The van der Waals surface area contributed by atoms with E-state index >= 15 is 0 Å². The molecule has 2 aromatic carbocycles. The first-order chi connectivity index (χ1) is 13.5. The molecule has 3 aromatic rings. The Bertz CT molecular complexity index is 1120. The molecule has 0 spiro atoms. The van der Waals surface area contributed by atoms with E-state index in [4.69, 9.17) is 10.7 Å². The van der Waals surface area contributed by atoms with E-state index in [1.54, 1.807) is 30.7 Å². The van der Waals surface area contributed by atoms with Gasteiger partial charge in [-0.15, -0.1) is 0 Å². The SMILES string of the molecule is CC(C)(Cn1ccc2ccc(F)cc21)C(=N)Nc1ccc(C#N)c(C(F)(F)F)c1. The summed E-state index contributed by atoms with van der Waals surface area (Å²) in [6.45, 7) is 3.84. The van der Waals surface area contributed by atoms with Crippen LogP contribution < -0.4 is 5.32 Å². The van der Waals surface area contributed by atoms with E-state index in [2.05, 4.69) is 5.32 Å². The zero-order valence-electron chi connectivity index (χ0n) is 15.7. The molecule has 2 N–H and O–H groups in total. The Labute approximate surface area is 164 Å². The van der Waals surface area contributed by atoms with Gasteiger partial charge >= 0.3 is 6.18 Å². The van der Waals surface area contributed by atoms with Gasteiger partial charge < -0.3 is 9.88 Å². The molecule has 0 saturated heterocycles. The molecule has 0 atom stereocenters. The van der Waals surface area contributed by atoms with Gasteiger partial charge in [0.25, 0.3) is 0 Å². The Morgan fingerprint density at radius 1 is 1.14 bits per heavy atom. The predicted molar refractivity (Wildman–Crippen MR) is 103 cm³/mol. The summed E-state index contributed by atoms with van der Waals surface area (Å²) in [7, 11) is 0. The maximum absolute atomic E-state index is 13.6. The molecule has 0 aliphatic carbocycles. The summed E-state index contributed by atoms with van der Waals surface area (Å²) in [6.07, 6.45) is -2.89. The van der Waals surface area contributed by atoms with Crippen molar-refractivity contribution < 1.29 is 17.6 Å². The van der Waals surface area contributed by atoms with Gasteiger partial charge in [0.15, 0.2) is 0 Å². The standard InChI is InChI=1S/C21H18F4N4/c1-20(2,12-29-8-7-13-3-5-15(22)9-18(13)29)19(27)28-16-6-4-14(11-26)17(10-16)21(23,24)25/h3-10H,12H2,1-2H3,(H2,27,28). The summed E-state index contributed by atoms with van der Waals surface area (Å²) < 4.78 is 54.8. The number of amidine groups is 1. The summed E-state index contributed by atoms with van der Waals surface area (Å²) in [5, 5.41) is 20.8. The van der Waals surface area contributed by atoms with Crippen molar-refractivity contribution >= 4 is 22.4 Å². The second-order valence-corrected chi connectivity index (χ2v) is 7.40. The molecule has 1 heterocycles. The summed E-state index contributed by atoms with van der Waals surface area (Å²) in [4.78, 5) is 0. The molecule has 0 fully saturated rings. The maximum atomic E-state index is 13.6. The molecule has 0 bridgehead atoms. The lowest BCUT2D eigenvalue weighted by atomic mass is 9.91. The lowest BCUT2D eigenvalue weighted by Crippen LogP contribution is -2.34. The van der Waals surface area contributed by atoms with Crippen molar-refractivity contribution in [2.45, 2.75) is 26.6 Å². The molecule has 29 heavy (non-hydrogen) atoms. The smallest absolute Gasteiger partial charge is 0.346 e. The van der Waals surface area contributed by atoms with E-state index in [-0.39, 0.29) is 17.3 Å². The van der Waals surface area contributed by atoms with E-state index in [1.807, 2.05) is 6.07 Å². The lowest BCUT2D eigenvalue weighted by molar-refractivity contribution is -0.137. The molecule has 0 radical (unpaired) electrons. The highest BCUT2D eigenvalue weighted by molar-refractivity contribution is 5.97. The molecule has 0 aliphatic heterocycles. The van der Waals surface area contributed by atoms with Crippen LogP contribution in [0.25, 0.3) is 10.9 Å². The third-order valence-electron chi connectivity index (χ3n) is 4.69. The summed E-state index contributed by atoms with van der Waals surface area (Å²) in [6, 6.07) is 11.0. The van der Waals surface area contributed by atoms with Crippen molar-refractivity contribution in [3.05, 3.63) is 65.6 Å². The number of benzene rings is 2. The van der Waals surface area contributed by atoms with Crippen LogP contribution in [0.2, 0.25) is 0 Å². The van der Waals surface area contributed by atoms with Gasteiger partial charge in [-0.1, -0.05) is 13.8 Å². The summed E-state index contributed by atoms with van der Waals surface area (Å²) >= 11 is 0. The quantitative estimate of drug-likeness (QED) is 0.330. The van der Waals surface area contributed by atoms with Gasteiger partial charge in [-0.25, -0.2) is 4.39 Å².